The van der Waals surface area contributed by atoms with Crippen LogP contribution in [0.2, 0.25) is 0 Å². The predicted octanol–water partition coefficient (Wildman–Crippen LogP) is 3.89. The molecule has 0 saturated carbocycles. The topological polar surface area (TPSA) is 30.3 Å². The van der Waals surface area contributed by atoms with E-state index in [0.717, 1.165) is 42.3 Å². The number of ether oxygens (including phenoxy) is 1. The number of morpholine rings is 1. The summed E-state index contributed by atoms with van der Waals surface area (Å²) in [6.45, 7) is 7.64. The van der Waals surface area contributed by atoms with Crippen LogP contribution in [-0.2, 0) is 4.74 Å². The van der Waals surface area contributed by atoms with Gasteiger partial charge in [-0.1, -0.05) is 11.6 Å². The third kappa shape index (κ3) is 3.42. The van der Waals surface area contributed by atoms with Crippen LogP contribution in [0, 0.1) is 0 Å². The van der Waals surface area contributed by atoms with Crippen molar-refractivity contribution in [2.45, 2.75) is 13.8 Å². The van der Waals surface area contributed by atoms with Gasteiger partial charge in [-0.2, -0.15) is 5.10 Å². The summed E-state index contributed by atoms with van der Waals surface area (Å²) in [5, 5.41) is 4.57. The van der Waals surface area contributed by atoms with Gasteiger partial charge >= 0.3 is 0 Å². The first-order chi connectivity index (χ1) is 10.6. The highest BCUT2D eigenvalue weighted by Crippen LogP contribution is 2.23. The van der Waals surface area contributed by atoms with Crippen LogP contribution in [0.1, 0.15) is 19.5 Å². The van der Waals surface area contributed by atoms with E-state index in [4.69, 9.17) is 4.74 Å². The van der Waals surface area contributed by atoms with Crippen LogP contribution in [0.25, 0.3) is 11.8 Å². The van der Waals surface area contributed by atoms with Crippen molar-refractivity contribution in [2.24, 2.45) is 0 Å². The molecular weight excluding hydrogens is 342 g/mol. The molecule has 22 heavy (non-hydrogen) atoms. The number of benzene rings is 1. The number of allylic oxidation sites excluding steroid dienone is 1. The second-order valence-corrected chi connectivity index (χ2v) is 6.46. The maximum Gasteiger partial charge on any atom is 0.129 e. The van der Waals surface area contributed by atoms with Crippen LogP contribution in [0.3, 0.4) is 0 Å². The molecule has 2 aromatic rings. The average molecular weight is 362 g/mol. The Labute approximate surface area is 139 Å². The van der Waals surface area contributed by atoms with Gasteiger partial charge in [0.25, 0.3) is 0 Å². The van der Waals surface area contributed by atoms with Crippen molar-refractivity contribution in [1.29, 1.82) is 0 Å². The number of aromatic nitrogens is 2. The van der Waals surface area contributed by atoms with Crippen molar-refractivity contribution in [3.63, 3.8) is 0 Å². The van der Waals surface area contributed by atoms with Gasteiger partial charge in [0.2, 0.25) is 0 Å². The zero-order valence-corrected chi connectivity index (χ0v) is 14.5. The minimum Gasteiger partial charge on any atom is -0.378 e. The van der Waals surface area contributed by atoms with Crippen molar-refractivity contribution in [3.8, 4) is 5.69 Å². The quantitative estimate of drug-likeness (QED) is 0.830. The lowest BCUT2D eigenvalue weighted by Gasteiger charge is -2.29. The monoisotopic (exact) mass is 361 g/mol. The third-order valence-corrected chi connectivity index (χ3v) is 3.98. The Morgan fingerprint density at radius 1 is 1.18 bits per heavy atom. The molecule has 1 aliphatic rings. The Morgan fingerprint density at radius 2 is 1.91 bits per heavy atom. The van der Waals surface area contributed by atoms with E-state index < -0.39 is 0 Å². The number of hydrogen-bond donors (Lipinski definition) is 0. The molecule has 0 bridgehead atoms. The molecule has 0 aliphatic carbocycles. The summed E-state index contributed by atoms with van der Waals surface area (Å²) >= 11 is 3.48. The molecule has 0 unspecified atom stereocenters. The second kappa shape index (κ2) is 6.67. The summed E-state index contributed by atoms with van der Waals surface area (Å²) < 4.78 is 8.25. The molecule has 1 aromatic carbocycles. The van der Waals surface area contributed by atoms with Gasteiger partial charge in [-0.25, -0.2) is 4.68 Å². The third-order valence-electron chi connectivity index (χ3n) is 3.59. The minimum atomic E-state index is 0.792. The first-order valence-corrected chi connectivity index (χ1v) is 8.26. The standard InChI is InChI=1S/C17H20BrN3O/c1-13(2)10-16-12-17(18)19-21(16)15-5-3-4-14(11-15)20-6-8-22-9-7-20/h3-5,10-12H,6-9H2,1-2H3. The van der Waals surface area contributed by atoms with Gasteiger partial charge in [0.1, 0.15) is 4.60 Å². The molecule has 1 fully saturated rings. The summed E-state index contributed by atoms with van der Waals surface area (Å²) in [7, 11) is 0. The van der Waals surface area contributed by atoms with Crippen LogP contribution >= 0.6 is 15.9 Å². The van der Waals surface area contributed by atoms with E-state index in [2.05, 4.69) is 70.1 Å². The largest absolute Gasteiger partial charge is 0.378 e. The Hall–Kier alpha value is -1.59. The molecule has 2 heterocycles. The number of rotatable bonds is 3. The molecular formula is C17H20BrN3O. The van der Waals surface area contributed by atoms with Gasteiger partial charge in [0.15, 0.2) is 0 Å². The van der Waals surface area contributed by atoms with Crippen LogP contribution in [-0.4, -0.2) is 36.1 Å². The Kier molecular flexibility index (Phi) is 4.64. The number of halogens is 1. The molecule has 1 saturated heterocycles. The van der Waals surface area contributed by atoms with Gasteiger partial charge in [0.05, 0.1) is 24.6 Å². The lowest BCUT2D eigenvalue weighted by molar-refractivity contribution is 0.122. The first-order valence-electron chi connectivity index (χ1n) is 7.47. The minimum absolute atomic E-state index is 0.792. The zero-order valence-electron chi connectivity index (χ0n) is 12.9. The lowest BCUT2D eigenvalue weighted by Crippen LogP contribution is -2.36. The molecule has 0 N–H and O–H groups in total. The average Bonchev–Trinajstić information content (AvgIpc) is 2.88. The van der Waals surface area contributed by atoms with E-state index in [1.807, 2.05) is 10.7 Å². The van der Waals surface area contributed by atoms with Gasteiger partial charge in [-0.15, -0.1) is 0 Å². The smallest absolute Gasteiger partial charge is 0.129 e. The first kappa shape index (κ1) is 15.3. The number of nitrogens with zero attached hydrogens (tertiary/aromatic N) is 3. The summed E-state index contributed by atoms with van der Waals surface area (Å²) in [6, 6.07) is 10.5. The molecule has 0 atom stereocenters. The summed E-state index contributed by atoms with van der Waals surface area (Å²) in [6.07, 6.45) is 2.14. The summed E-state index contributed by atoms with van der Waals surface area (Å²) in [5.41, 5.74) is 4.61. The van der Waals surface area contributed by atoms with Crippen LogP contribution in [0.4, 0.5) is 5.69 Å². The second-order valence-electron chi connectivity index (χ2n) is 5.64. The van der Waals surface area contributed by atoms with E-state index in [9.17, 15) is 0 Å². The maximum atomic E-state index is 5.43. The number of hydrogen-bond acceptors (Lipinski definition) is 3. The molecule has 116 valence electrons. The normalized spacial score (nSPS) is 15.0. The molecule has 1 aromatic heterocycles. The Bertz CT molecular complexity index is 683. The molecule has 4 nitrogen and oxygen atoms in total. The van der Waals surface area contributed by atoms with E-state index >= 15 is 0 Å². The highest BCUT2D eigenvalue weighted by atomic mass is 79.9. The number of anilines is 1. The van der Waals surface area contributed by atoms with Crippen molar-refractivity contribution in [1.82, 2.24) is 9.78 Å². The van der Waals surface area contributed by atoms with Gasteiger partial charge in [-0.05, 0) is 60.1 Å². The fourth-order valence-corrected chi connectivity index (χ4v) is 3.01. The Balaban J connectivity index is 1.97. The Morgan fingerprint density at radius 3 is 2.64 bits per heavy atom. The van der Waals surface area contributed by atoms with E-state index in [-0.39, 0.29) is 0 Å². The zero-order chi connectivity index (χ0) is 15.5. The SMILES string of the molecule is CC(C)=Cc1cc(Br)nn1-c1cccc(N2CCOCC2)c1. The molecule has 3 rings (SSSR count). The van der Waals surface area contributed by atoms with Gasteiger partial charge < -0.3 is 9.64 Å². The van der Waals surface area contributed by atoms with Crippen LogP contribution in [0.5, 0.6) is 0 Å². The van der Waals surface area contributed by atoms with E-state index in [0.29, 0.717) is 0 Å². The van der Waals surface area contributed by atoms with Crippen LogP contribution < -0.4 is 4.90 Å². The highest BCUT2D eigenvalue weighted by Gasteiger charge is 2.13. The van der Waals surface area contributed by atoms with Crippen LogP contribution in [0.15, 0.2) is 40.5 Å². The highest BCUT2D eigenvalue weighted by molar-refractivity contribution is 9.10. The van der Waals surface area contributed by atoms with Crippen molar-refractivity contribution in [3.05, 3.63) is 46.2 Å². The molecule has 0 amide bonds. The van der Waals surface area contributed by atoms with Gasteiger partial charge in [0, 0.05) is 18.8 Å². The molecule has 5 heteroatoms. The molecule has 1 aliphatic heterocycles. The fourth-order valence-electron chi connectivity index (χ4n) is 2.61. The van der Waals surface area contributed by atoms with Gasteiger partial charge in [-0.3, -0.25) is 0 Å². The summed E-state index contributed by atoms with van der Waals surface area (Å²) in [4.78, 5) is 2.35. The maximum absolute atomic E-state index is 5.43. The van der Waals surface area contributed by atoms with Crippen molar-refractivity contribution in [2.75, 3.05) is 31.2 Å². The predicted molar refractivity (Wildman–Crippen MR) is 93.6 cm³/mol. The lowest BCUT2D eigenvalue weighted by atomic mass is 10.2. The van der Waals surface area contributed by atoms with E-state index in [1.165, 1.54) is 11.3 Å². The fraction of sp³-hybridized carbons (Fsp3) is 0.353. The molecule has 0 radical (unpaired) electrons. The van der Waals surface area contributed by atoms with E-state index in [1.54, 1.807) is 0 Å². The van der Waals surface area contributed by atoms with Crippen molar-refractivity contribution < 1.29 is 4.74 Å². The van der Waals surface area contributed by atoms with Crippen molar-refractivity contribution >= 4 is 27.7 Å². The molecule has 0 spiro atoms. The summed E-state index contributed by atoms with van der Waals surface area (Å²) in [5.74, 6) is 0.